The number of hydrogen-bond donors (Lipinski definition) is 1. The third-order valence-corrected chi connectivity index (χ3v) is 7.47. The van der Waals surface area contributed by atoms with Gasteiger partial charge in [-0.05, 0) is 84.8 Å². The quantitative estimate of drug-likeness (QED) is 0.253. The second-order valence-electron chi connectivity index (χ2n) is 8.45. The number of aryl methyl sites for hydroxylation is 1. The van der Waals surface area contributed by atoms with Gasteiger partial charge in [0.15, 0.2) is 11.5 Å². The molecule has 0 radical (unpaired) electrons. The molecular weight excluding hydrogens is 583 g/mol. The Hall–Kier alpha value is -3.17. The van der Waals surface area contributed by atoms with Crippen molar-refractivity contribution in [1.82, 2.24) is 4.90 Å². The smallest absolute Gasteiger partial charge is 0.294 e. The van der Waals surface area contributed by atoms with E-state index in [-0.39, 0.29) is 11.5 Å². The highest BCUT2D eigenvalue weighted by Gasteiger charge is 2.36. The first-order chi connectivity index (χ1) is 18.6. The van der Waals surface area contributed by atoms with Gasteiger partial charge in [-0.25, -0.2) is 0 Å². The molecule has 0 unspecified atom stereocenters. The third kappa shape index (κ3) is 7.28. The molecule has 1 N–H and O–H groups in total. The van der Waals surface area contributed by atoms with Gasteiger partial charge in [0.2, 0.25) is 5.91 Å². The maximum atomic E-state index is 13.0. The first-order valence-corrected chi connectivity index (χ1v) is 13.7. The minimum atomic E-state index is -0.555. The van der Waals surface area contributed by atoms with E-state index < -0.39 is 23.6 Å². The van der Waals surface area contributed by atoms with Gasteiger partial charge in [-0.15, -0.1) is 0 Å². The molecule has 0 bridgehead atoms. The van der Waals surface area contributed by atoms with Crippen molar-refractivity contribution in [3.05, 3.63) is 91.3 Å². The van der Waals surface area contributed by atoms with Crippen LogP contribution in [-0.2, 0) is 16.2 Å². The summed E-state index contributed by atoms with van der Waals surface area (Å²) in [6.45, 7) is 3.88. The van der Waals surface area contributed by atoms with Gasteiger partial charge in [-0.2, -0.15) is 0 Å². The molecule has 0 aliphatic carbocycles. The van der Waals surface area contributed by atoms with Crippen molar-refractivity contribution < 1.29 is 23.9 Å². The van der Waals surface area contributed by atoms with Crippen LogP contribution >= 0.6 is 46.6 Å². The number of ether oxygens (including phenoxy) is 2. The van der Waals surface area contributed by atoms with Crippen LogP contribution < -0.4 is 14.8 Å². The molecule has 0 saturated carbocycles. The molecule has 202 valence electrons. The van der Waals surface area contributed by atoms with E-state index in [1.54, 1.807) is 54.6 Å². The lowest BCUT2D eigenvalue weighted by molar-refractivity contribution is -0.127. The molecule has 1 saturated heterocycles. The predicted octanol–water partition coefficient (Wildman–Crippen LogP) is 7.61. The fraction of sp³-hybridized carbons (Fsp3) is 0.179. The number of carbonyl (C=O) groups is 3. The molecule has 0 spiro atoms. The Morgan fingerprint density at radius 3 is 2.51 bits per heavy atom. The van der Waals surface area contributed by atoms with E-state index in [2.05, 4.69) is 5.32 Å². The van der Waals surface area contributed by atoms with E-state index in [4.69, 9.17) is 44.3 Å². The third-order valence-electron chi connectivity index (χ3n) is 5.59. The fourth-order valence-corrected chi connectivity index (χ4v) is 4.97. The first-order valence-electron chi connectivity index (χ1n) is 11.8. The molecule has 1 aliphatic heterocycles. The van der Waals surface area contributed by atoms with Crippen molar-refractivity contribution in [2.24, 2.45) is 0 Å². The Kier molecular flexibility index (Phi) is 9.45. The molecular formula is C28H23Cl3N2O5S. The summed E-state index contributed by atoms with van der Waals surface area (Å²) in [5, 5.41) is 3.52. The van der Waals surface area contributed by atoms with Gasteiger partial charge in [0.05, 0.1) is 21.6 Å². The molecule has 3 amide bonds. The van der Waals surface area contributed by atoms with Gasteiger partial charge in [-0.3, -0.25) is 19.3 Å². The van der Waals surface area contributed by atoms with Crippen molar-refractivity contribution in [2.75, 3.05) is 18.5 Å². The molecule has 0 aromatic heterocycles. The minimum absolute atomic E-state index is 0.193. The largest absolute Gasteiger partial charge is 0.490 e. The number of hydrogen-bond acceptors (Lipinski definition) is 6. The lowest BCUT2D eigenvalue weighted by atomic mass is 10.1. The van der Waals surface area contributed by atoms with Crippen molar-refractivity contribution in [3.63, 3.8) is 0 Å². The number of benzene rings is 3. The average Bonchev–Trinajstić information content (AvgIpc) is 3.15. The predicted molar refractivity (Wildman–Crippen MR) is 156 cm³/mol. The Morgan fingerprint density at radius 2 is 1.77 bits per heavy atom. The number of amides is 3. The van der Waals surface area contributed by atoms with E-state index in [0.717, 1.165) is 27.8 Å². The Balaban J connectivity index is 1.45. The van der Waals surface area contributed by atoms with Gasteiger partial charge in [0.25, 0.3) is 11.1 Å². The zero-order chi connectivity index (χ0) is 28.1. The SMILES string of the molecule is CCOc1cc(/C=C2/SC(=O)N(CC(=O)Nc3cc(Cl)ccc3C)C2=O)ccc1OCc1ccc(Cl)c(Cl)c1. The van der Waals surface area contributed by atoms with Crippen LogP contribution in [0.1, 0.15) is 23.6 Å². The zero-order valence-electron chi connectivity index (χ0n) is 20.9. The molecule has 11 heteroatoms. The van der Waals surface area contributed by atoms with Crippen LogP contribution in [0.4, 0.5) is 10.5 Å². The van der Waals surface area contributed by atoms with Crippen LogP contribution in [-0.4, -0.2) is 35.1 Å². The van der Waals surface area contributed by atoms with Crippen LogP contribution in [0.5, 0.6) is 11.5 Å². The maximum absolute atomic E-state index is 13.0. The number of anilines is 1. The van der Waals surface area contributed by atoms with Gasteiger partial charge < -0.3 is 14.8 Å². The monoisotopic (exact) mass is 604 g/mol. The standard InChI is InChI=1S/C28H23Cl3N2O5S/c1-3-37-24-11-17(6-9-23(24)38-15-18-5-8-20(30)21(31)10-18)12-25-27(35)33(28(36)39-25)14-26(34)32-22-13-19(29)7-4-16(22)2/h4-13H,3,14-15H2,1-2H3,(H,32,34)/b25-12+. The van der Waals surface area contributed by atoms with Crippen molar-refractivity contribution in [3.8, 4) is 11.5 Å². The lowest BCUT2D eigenvalue weighted by Crippen LogP contribution is -2.36. The number of nitrogens with zero attached hydrogens (tertiary/aromatic N) is 1. The number of thioether (sulfide) groups is 1. The molecule has 1 heterocycles. The first kappa shape index (κ1) is 28.8. The van der Waals surface area contributed by atoms with Crippen LogP contribution in [0.2, 0.25) is 15.1 Å². The second kappa shape index (κ2) is 12.8. The van der Waals surface area contributed by atoms with Gasteiger partial charge in [0, 0.05) is 10.7 Å². The summed E-state index contributed by atoms with van der Waals surface area (Å²) in [7, 11) is 0. The highest BCUT2D eigenvalue weighted by molar-refractivity contribution is 8.18. The summed E-state index contributed by atoms with van der Waals surface area (Å²) in [4.78, 5) is 39.2. The molecule has 3 aromatic rings. The summed E-state index contributed by atoms with van der Waals surface area (Å²) in [6.07, 6.45) is 1.58. The molecule has 3 aromatic carbocycles. The van der Waals surface area contributed by atoms with E-state index in [1.807, 2.05) is 19.9 Å². The minimum Gasteiger partial charge on any atom is -0.490 e. The Bertz CT molecular complexity index is 1480. The van der Waals surface area contributed by atoms with Crippen LogP contribution in [0.3, 0.4) is 0 Å². The zero-order valence-corrected chi connectivity index (χ0v) is 24.0. The summed E-state index contributed by atoms with van der Waals surface area (Å²) in [5.41, 5.74) is 2.78. The molecule has 4 rings (SSSR count). The second-order valence-corrected chi connectivity index (χ2v) is 10.7. The normalized spacial score (nSPS) is 14.2. The Labute approximate surface area is 245 Å². The van der Waals surface area contributed by atoms with Gasteiger partial charge in [0.1, 0.15) is 13.2 Å². The lowest BCUT2D eigenvalue weighted by Gasteiger charge is -2.14. The molecule has 7 nitrogen and oxygen atoms in total. The van der Waals surface area contributed by atoms with Crippen LogP contribution in [0, 0.1) is 6.92 Å². The van der Waals surface area contributed by atoms with Crippen LogP contribution in [0.15, 0.2) is 59.5 Å². The molecule has 1 aliphatic rings. The number of imide groups is 1. The van der Waals surface area contributed by atoms with Crippen molar-refractivity contribution >= 4 is 75.4 Å². The van der Waals surface area contributed by atoms with Crippen molar-refractivity contribution in [2.45, 2.75) is 20.5 Å². The summed E-state index contributed by atoms with van der Waals surface area (Å²) < 4.78 is 11.7. The average molecular weight is 606 g/mol. The number of carbonyl (C=O) groups excluding carboxylic acids is 3. The van der Waals surface area contributed by atoms with Gasteiger partial charge >= 0.3 is 0 Å². The molecule has 0 atom stereocenters. The topological polar surface area (TPSA) is 84.9 Å². The number of nitrogens with one attached hydrogen (secondary N) is 1. The van der Waals surface area contributed by atoms with E-state index in [1.165, 1.54) is 0 Å². The number of halogens is 3. The molecule has 1 fully saturated rings. The van der Waals surface area contributed by atoms with E-state index >= 15 is 0 Å². The number of rotatable bonds is 9. The summed E-state index contributed by atoms with van der Waals surface area (Å²) in [6, 6.07) is 15.5. The summed E-state index contributed by atoms with van der Waals surface area (Å²) >= 11 is 18.8. The van der Waals surface area contributed by atoms with E-state index in [9.17, 15) is 14.4 Å². The Morgan fingerprint density at radius 1 is 0.974 bits per heavy atom. The highest BCUT2D eigenvalue weighted by atomic mass is 35.5. The fourth-order valence-electron chi connectivity index (χ4n) is 3.64. The highest BCUT2D eigenvalue weighted by Crippen LogP contribution is 2.35. The molecule has 39 heavy (non-hydrogen) atoms. The van der Waals surface area contributed by atoms with E-state index in [0.29, 0.717) is 44.4 Å². The maximum Gasteiger partial charge on any atom is 0.294 e. The van der Waals surface area contributed by atoms with Crippen molar-refractivity contribution in [1.29, 1.82) is 0 Å². The van der Waals surface area contributed by atoms with Crippen LogP contribution in [0.25, 0.3) is 6.08 Å². The van der Waals surface area contributed by atoms with Gasteiger partial charge in [-0.1, -0.05) is 53.0 Å². The summed E-state index contributed by atoms with van der Waals surface area (Å²) in [5.74, 6) is -0.0881.